The molecule has 1 aromatic carbocycles. The van der Waals surface area contributed by atoms with E-state index in [9.17, 15) is 19.7 Å². The zero-order valence-electron chi connectivity index (χ0n) is 17.8. The number of aromatic nitrogens is 2. The maximum Gasteiger partial charge on any atom is 0.226 e. The number of nitrogens with one attached hydrogen (secondary N) is 1. The topological polar surface area (TPSA) is 114 Å². The first-order valence-corrected chi connectivity index (χ1v) is 11.6. The van der Waals surface area contributed by atoms with Gasteiger partial charge in [-0.25, -0.2) is 4.39 Å². The molecule has 4 aliphatic rings. The van der Waals surface area contributed by atoms with Crippen LogP contribution in [0.3, 0.4) is 0 Å². The summed E-state index contributed by atoms with van der Waals surface area (Å²) in [7, 11) is 0. The van der Waals surface area contributed by atoms with E-state index in [1.807, 2.05) is 0 Å². The molecule has 3 aliphatic heterocycles. The molecule has 0 bridgehead atoms. The van der Waals surface area contributed by atoms with Crippen LogP contribution in [0.2, 0.25) is 5.28 Å². The Morgan fingerprint density at radius 3 is 2.67 bits per heavy atom. The number of aliphatic hydroxyl groups excluding tert-OH is 3. The van der Waals surface area contributed by atoms with Crippen LogP contribution in [-0.4, -0.2) is 69.6 Å². The third kappa shape index (κ3) is 3.12. The first-order chi connectivity index (χ1) is 15.9. The fraction of sp³-hybridized carbons (Fsp3) is 0.545. The average molecular weight is 478 g/mol. The van der Waals surface area contributed by atoms with E-state index in [-0.39, 0.29) is 23.2 Å². The molecule has 33 heavy (non-hydrogen) atoms. The first kappa shape index (κ1) is 21.3. The van der Waals surface area contributed by atoms with E-state index >= 15 is 0 Å². The molecular weight excluding hydrogens is 453 g/mol. The molecule has 9 nitrogen and oxygen atoms in total. The van der Waals surface area contributed by atoms with Gasteiger partial charge in [-0.2, -0.15) is 9.97 Å². The van der Waals surface area contributed by atoms with Crippen LogP contribution in [0.4, 0.5) is 27.4 Å². The molecular formula is C22H25ClFN5O4. The Morgan fingerprint density at radius 1 is 1.18 bits per heavy atom. The van der Waals surface area contributed by atoms with Crippen molar-refractivity contribution in [2.24, 2.45) is 0 Å². The van der Waals surface area contributed by atoms with Gasteiger partial charge in [0, 0.05) is 17.6 Å². The molecule has 6 rings (SSSR count). The number of hydrogen-bond donors (Lipinski definition) is 4. The molecule has 1 saturated heterocycles. The quantitative estimate of drug-likeness (QED) is 0.492. The second-order valence-corrected chi connectivity index (χ2v) is 9.62. The number of hydrogen-bond acceptors (Lipinski definition) is 9. The molecule has 1 aromatic heterocycles. The van der Waals surface area contributed by atoms with Crippen molar-refractivity contribution in [1.82, 2.24) is 9.97 Å². The van der Waals surface area contributed by atoms with Gasteiger partial charge in [0.15, 0.2) is 17.9 Å². The number of halogens is 2. The molecule has 2 fully saturated rings. The Kier molecular flexibility index (Phi) is 4.93. The zero-order valence-corrected chi connectivity index (χ0v) is 18.5. The van der Waals surface area contributed by atoms with Crippen LogP contribution in [0.5, 0.6) is 0 Å². The summed E-state index contributed by atoms with van der Waals surface area (Å²) in [5.41, 5.74) is 2.41. The Morgan fingerprint density at radius 2 is 1.94 bits per heavy atom. The van der Waals surface area contributed by atoms with Crippen LogP contribution in [0, 0.1) is 5.82 Å². The second-order valence-electron chi connectivity index (χ2n) is 9.28. The van der Waals surface area contributed by atoms with Crippen LogP contribution in [0.25, 0.3) is 0 Å². The molecule has 4 N–H and O–H groups in total. The van der Waals surface area contributed by atoms with E-state index in [4.69, 9.17) is 16.3 Å². The molecule has 1 spiro atoms. The minimum absolute atomic E-state index is 0.0280. The van der Waals surface area contributed by atoms with Crippen molar-refractivity contribution >= 4 is 34.6 Å². The number of ether oxygens (including phenoxy) is 1. The number of nitrogens with zero attached hydrogens (tertiary/aromatic N) is 4. The smallest absolute Gasteiger partial charge is 0.226 e. The highest BCUT2D eigenvalue weighted by molar-refractivity contribution is 6.28. The Hall–Kier alpha value is -2.24. The largest absolute Gasteiger partial charge is 0.394 e. The number of aliphatic hydroxyl groups is 3. The maximum atomic E-state index is 14.2. The summed E-state index contributed by atoms with van der Waals surface area (Å²) in [6.07, 6.45) is -0.0773. The van der Waals surface area contributed by atoms with E-state index in [1.165, 1.54) is 6.07 Å². The summed E-state index contributed by atoms with van der Waals surface area (Å²) in [4.78, 5) is 12.6. The minimum atomic E-state index is -1.23. The van der Waals surface area contributed by atoms with Gasteiger partial charge < -0.3 is 35.2 Å². The van der Waals surface area contributed by atoms with Gasteiger partial charge in [0.25, 0.3) is 0 Å². The third-order valence-corrected chi connectivity index (χ3v) is 7.63. The van der Waals surface area contributed by atoms with Crippen LogP contribution in [0.15, 0.2) is 18.2 Å². The summed E-state index contributed by atoms with van der Waals surface area (Å²) in [5.74, 6) is 0.772. The number of anilines is 4. The van der Waals surface area contributed by atoms with Crippen molar-refractivity contribution in [3.8, 4) is 0 Å². The molecule has 11 heteroatoms. The predicted molar refractivity (Wildman–Crippen MR) is 119 cm³/mol. The highest BCUT2D eigenvalue weighted by atomic mass is 35.5. The van der Waals surface area contributed by atoms with E-state index in [0.717, 1.165) is 36.9 Å². The summed E-state index contributed by atoms with van der Waals surface area (Å²) in [6, 6.07) is 4.89. The van der Waals surface area contributed by atoms with E-state index < -0.39 is 31.1 Å². The molecule has 2 aromatic rings. The van der Waals surface area contributed by atoms with Crippen molar-refractivity contribution in [2.75, 3.05) is 34.9 Å². The molecule has 4 heterocycles. The van der Waals surface area contributed by atoms with Crippen molar-refractivity contribution in [3.63, 3.8) is 0 Å². The summed E-state index contributed by atoms with van der Waals surface area (Å²) >= 11 is 6.35. The first-order valence-electron chi connectivity index (χ1n) is 11.2. The molecule has 4 unspecified atom stereocenters. The van der Waals surface area contributed by atoms with Crippen LogP contribution >= 0.6 is 11.6 Å². The van der Waals surface area contributed by atoms with Gasteiger partial charge in [-0.3, -0.25) is 0 Å². The molecule has 0 amide bonds. The highest BCUT2D eigenvalue weighted by Gasteiger charge is 2.49. The lowest BCUT2D eigenvalue weighted by molar-refractivity contribution is -0.0219. The van der Waals surface area contributed by atoms with Crippen molar-refractivity contribution in [3.05, 3.63) is 34.9 Å². The van der Waals surface area contributed by atoms with Crippen LogP contribution in [0.1, 0.15) is 31.2 Å². The van der Waals surface area contributed by atoms with E-state index in [1.54, 1.807) is 17.0 Å². The van der Waals surface area contributed by atoms with Gasteiger partial charge in [-0.1, -0.05) is 12.8 Å². The summed E-state index contributed by atoms with van der Waals surface area (Å²) in [6.45, 7) is 0.502. The van der Waals surface area contributed by atoms with Crippen molar-refractivity contribution in [1.29, 1.82) is 0 Å². The molecule has 0 radical (unpaired) electrons. The molecule has 1 saturated carbocycles. The molecule has 4 atom stereocenters. The SMILES string of the molecule is OCC1OC(N2CNc3c(N4CC5(CCCC5)c5cc(F)ccc54)nc(Cl)nc32)C(O)C1O. The Labute approximate surface area is 194 Å². The summed E-state index contributed by atoms with van der Waals surface area (Å²) < 4.78 is 19.9. The predicted octanol–water partition coefficient (Wildman–Crippen LogP) is 1.86. The van der Waals surface area contributed by atoms with Crippen molar-refractivity contribution in [2.45, 2.75) is 55.6 Å². The van der Waals surface area contributed by atoms with E-state index in [0.29, 0.717) is 23.9 Å². The number of benzene rings is 1. The average Bonchev–Trinajstić information content (AvgIpc) is 3.56. The minimum Gasteiger partial charge on any atom is -0.394 e. The van der Waals surface area contributed by atoms with Gasteiger partial charge in [0.1, 0.15) is 29.8 Å². The molecule has 1 aliphatic carbocycles. The monoisotopic (exact) mass is 477 g/mol. The fourth-order valence-corrected chi connectivity index (χ4v) is 6.03. The van der Waals surface area contributed by atoms with Crippen LogP contribution in [-0.2, 0) is 10.2 Å². The summed E-state index contributed by atoms with van der Waals surface area (Å²) in [5, 5.41) is 33.5. The standard InChI is InChI=1S/C22H25ClFN5O4/c23-21-26-18(28-9-22(5-1-2-6-22)12-7-11(24)3-4-13(12)28)15-19(27-21)29(10-25-15)20-17(32)16(31)14(8-30)33-20/h3-4,7,14,16-17,20,25,30-32H,1-2,5-6,8-10H2. The van der Waals surface area contributed by atoms with Crippen LogP contribution < -0.4 is 15.1 Å². The van der Waals surface area contributed by atoms with Gasteiger partial charge >= 0.3 is 0 Å². The van der Waals surface area contributed by atoms with Gasteiger partial charge in [0.05, 0.1) is 13.3 Å². The van der Waals surface area contributed by atoms with Crippen molar-refractivity contribution < 1.29 is 24.4 Å². The van der Waals surface area contributed by atoms with Gasteiger partial charge in [-0.15, -0.1) is 0 Å². The lowest BCUT2D eigenvalue weighted by Gasteiger charge is -2.27. The second kappa shape index (κ2) is 7.64. The maximum absolute atomic E-state index is 14.2. The normalized spacial score (nSPS) is 29.6. The molecule has 176 valence electrons. The van der Waals surface area contributed by atoms with Gasteiger partial charge in [-0.05, 0) is 48.2 Å². The van der Waals surface area contributed by atoms with Gasteiger partial charge in [0.2, 0.25) is 5.28 Å². The fourth-order valence-electron chi connectivity index (χ4n) is 5.87. The Balaban J connectivity index is 1.41. The lowest BCUT2D eigenvalue weighted by Crippen LogP contribution is -2.44. The van der Waals surface area contributed by atoms with E-state index in [2.05, 4.69) is 20.2 Å². The zero-order chi connectivity index (χ0) is 22.9. The lowest BCUT2D eigenvalue weighted by atomic mass is 9.81. The highest BCUT2D eigenvalue weighted by Crippen LogP contribution is 2.54. The number of rotatable bonds is 3. The third-order valence-electron chi connectivity index (χ3n) is 7.46. The number of fused-ring (bicyclic) bond motifs is 3. The Bertz CT molecular complexity index is 1100.